The van der Waals surface area contributed by atoms with E-state index in [1.807, 2.05) is 0 Å². The van der Waals surface area contributed by atoms with Crippen molar-refractivity contribution in [3.05, 3.63) is 23.8 Å². The molecule has 0 saturated heterocycles. The third kappa shape index (κ3) is 4.18. The number of phenolic OH excluding ortho intramolecular Hbond substituents is 1. The maximum Gasteiger partial charge on any atom is 0.313 e. The highest BCUT2D eigenvalue weighted by Gasteiger charge is 2.15. The van der Waals surface area contributed by atoms with Crippen molar-refractivity contribution in [1.29, 1.82) is 0 Å². The Hall–Kier alpha value is -1.30. The maximum absolute atomic E-state index is 11.4. The fraction of sp³-hybridized carbons (Fsp3) is 0.417. The molecular formula is C12H18ClNO4. The normalized spacial score (nSPS) is 11.8. The second-order valence-corrected chi connectivity index (χ2v) is 4.05. The zero-order chi connectivity index (χ0) is 13.0. The first-order valence-electron chi connectivity index (χ1n) is 5.38. The molecular weight excluding hydrogens is 258 g/mol. The predicted octanol–water partition coefficient (Wildman–Crippen LogP) is 1.37. The Morgan fingerprint density at radius 1 is 1.44 bits per heavy atom. The second kappa shape index (κ2) is 7.20. The Morgan fingerprint density at radius 2 is 2.06 bits per heavy atom. The van der Waals surface area contributed by atoms with Gasteiger partial charge in [0.1, 0.15) is 0 Å². The number of aliphatic hydroxyl groups excluding tert-OH is 1. The summed E-state index contributed by atoms with van der Waals surface area (Å²) in [6.07, 6.45) is -0.841. The van der Waals surface area contributed by atoms with Gasteiger partial charge in [-0.3, -0.25) is 4.79 Å². The van der Waals surface area contributed by atoms with Crippen LogP contribution in [0.15, 0.2) is 18.2 Å². The Morgan fingerprint density at radius 3 is 2.56 bits per heavy atom. The molecule has 1 rings (SSSR count). The summed E-state index contributed by atoms with van der Waals surface area (Å²) in [6, 6.07) is 4.30. The highest BCUT2D eigenvalue weighted by Crippen LogP contribution is 2.29. The molecule has 0 amide bonds. The first kappa shape index (κ1) is 16.7. The molecule has 6 heteroatoms. The average Bonchev–Trinajstić information content (AvgIpc) is 2.30. The van der Waals surface area contributed by atoms with Gasteiger partial charge in [-0.15, -0.1) is 12.4 Å². The van der Waals surface area contributed by atoms with E-state index in [1.165, 1.54) is 18.2 Å². The molecule has 0 bridgehead atoms. The zero-order valence-corrected chi connectivity index (χ0v) is 11.1. The second-order valence-electron chi connectivity index (χ2n) is 4.05. The van der Waals surface area contributed by atoms with Crippen LogP contribution in [0, 0.1) is 5.92 Å². The first-order chi connectivity index (χ1) is 7.95. The molecule has 0 spiro atoms. The summed E-state index contributed by atoms with van der Waals surface area (Å²) in [5.41, 5.74) is 5.82. The lowest BCUT2D eigenvalue weighted by Gasteiger charge is -2.12. The molecule has 0 aromatic heterocycles. The van der Waals surface area contributed by atoms with Crippen molar-refractivity contribution in [1.82, 2.24) is 0 Å². The van der Waals surface area contributed by atoms with Gasteiger partial charge in [0.15, 0.2) is 11.5 Å². The van der Waals surface area contributed by atoms with Crippen molar-refractivity contribution >= 4 is 18.4 Å². The monoisotopic (exact) mass is 275 g/mol. The fourth-order valence-corrected chi connectivity index (χ4v) is 1.18. The van der Waals surface area contributed by atoms with E-state index in [2.05, 4.69) is 0 Å². The van der Waals surface area contributed by atoms with Gasteiger partial charge in [0.2, 0.25) is 0 Å². The van der Waals surface area contributed by atoms with E-state index in [-0.39, 0.29) is 36.4 Å². The number of carbonyl (C=O) groups excluding carboxylic acids is 1. The largest absolute Gasteiger partial charge is 0.504 e. The van der Waals surface area contributed by atoms with E-state index in [0.717, 1.165) is 0 Å². The molecule has 0 fully saturated rings. The van der Waals surface area contributed by atoms with Crippen molar-refractivity contribution in [3.8, 4) is 11.5 Å². The predicted molar refractivity (Wildman–Crippen MR) is 69.8 cm³/mol. The van der Waals surface area contributed by atoms with E-state index < -0.39 is 12.1 Å². The molecule has 1 unspecified atom stereocenters. The first-order valence-corrected chi connectivity index (χ1v) is 5.38. The molecule has 0 aliphatic rings. The lowest BCUT2D eigenvalue weighted by molar-refractivity contribution is -0.137. The van der Waals surface area contributed by atoms with Crippen LogP contribution in [0.2, 0.25) is 0 Å². The van der Waals surface area contributed by atoms with E-state index >= 15 is 0 Å². The van der Waals surface area contributed by atoms with Crippen LogP contribution in [0.3, 0.4) is 0 Å². The Kier molecular flexibility index (Phi) is 6.68. The summed E-state index contributed by atoms with van der Waals surface area (Å²) < 4.78 is 5.00. The van der Waals surface area contributed by atoms with Gasteiger partial charge in [0, 0.05) is 6.54 Å². The van der Waals surface area contributed by atoms with Crippen LogP contribution < -0.4 is 10.5 Å². The lowest BCUT2D eigenvalue weighted by atomic mass is 10.1. The summed E-state index contributed by atoms with van der Waals surface area (Å²) in [7, 11) is 0. The fourth-order valence-electron chi connectivity index (χ4n) is 1.18. The summed E-state index contributed by atoms with van der Waals surface area (Å²) in [5.74, 6) is -0.849. The summed E-state index contributed by atoms with van der Waals surface area (Å²) in [5, 5.41) is 19.1. The van der Waals surface area contributed by atoms with Crippen molar-refractivity contribution in [2.75, 3.05) is 6.54 Å². The molecule has 5 nitrogen and oxygen atoms in total. The highest BCUT2D eigenvalue weighted by atomic mass is 35.5. The van der Waals surface area contributed by atoms with Crippen molar-refractivity contribution < 1.29 is 19.7 Å². The van der Waals surface area contributed by atoms with Crippen LogP contribution in [0.1, 0.15) is 25.5 Å². The minimum absolute atomic E-state index is 0. The van der Waals surface area contributed by atoms with Crippen molar-refractivity contribution in [3.63, 3.8) is 0 Å². The third-order valence-corrected chi connectivity index (χ3v) is 2.27. The third-order valence-electron chi connectivity index (χ3n) is 2.27. The Labute approximate surface area is 112 Å². The number of nitrogens with two attached hydrogens (primary N) is 1. The smallest absolute Gasteiger partial charge is 0.313 e. The standard InChI is InChI=1S/C12H17NO4.ClH/c1-7(2)12(16)17-11-5-8(10(15)6-13)3-4-9(11)14;/h3-5,7,10,14-15H,6,13H2,1-2H3;1H. The Balaban J connectivity index is 0.00000289. The van der Waals surface area contributed by atoms with Gasteiger partial charge in [0.05, 0.1) is 12.0 Å². The van der Waals surface area contributed by atoms with Crippen molar-refractivity contribution in [2.24, 2.45) is 11.7 Å². The van der Waals surface area contributed by atoms with Gasteiger partial charge < -0.3 is 20.7 Å². The zero-order valence-electron chi connectivity index (χ0n) is 10.3. The number of benzene rings is 1. The number of aliphatic hydroxyl groups is 1. The summed E-state index contributed by atoms with van der Waals surface area (Å²) in [4.78, 5) is 11.4. The molecule has 1 atom stereocenters. The molecule has 0 saturated carbocycles. The number of aromatic hydroxyl groups is 1. The molecule has 0 radical (unpaired) electrons. The van der Waals surface area contributed by atoms with Crippen LogP contribution in [-0.2, 0) is 4.79 Å². The van der Waals surface area contributed by atoms with Gasteiger partial charge in [-0.25, -0.2) is 0 Å². The molecule has 102 valence electrons. The van der Waals surface area contributed by atoms with E-state index in [9.17, 15) is 15.0 Å². The highest BCUT2D eigenvalue weighted by molar-refractivity contribution is 5.85. The van der Waals surface area contributed by atoms with Crippen LogP contribution >= 0.6 is 12.4 Å². The van der Waals surface area contributed by atoms with Crippen LogP contribution in [0.5, 0.6) is 11.5 Å². The number of esters is 1. The average molecular weight is 276 g/mol. The van der Waals surface area contributed by atoms with E-state index in [4.69, 9.17) is 10.5 Å². The summed E-state index contributed by atoms with van der Waals surface area (Å²) >= 11 is 0. The molecule has 4 N–H and O–H groups in total. The molecule has 18 heavy (non-hydrogen) atoms. The van der Waals surface area contributed by atoms with Gasteiger partial charge in [-0.2, -0.15) is 0 Å². The molecule has 1 aromatic carbocycles. The van der Waals surface area contributed by atoms with Gasteiger partial charge in [0.25, 0.3) is 0 Å². The van der Waals surface area contributed by atoms with Crippen LogP contribution in [-0.4, -0.2) is 22.7 Å². The number of halogens is 1. The molecule has 0 heterocycles. The number of hydrogen-bond acceptors (Lipinski definition) is 5. The minimum Gasteiger partial charge on any atom is -0.504 e. The van der Waals surface area contributed by atoms with Crippen molar-refractivity contribution in [2.45, 2.75) is 20.0 Å². The summed E-state index contributed by atoms with van der Waals surface area (Å²) in [6.45, 7) is 3.44. The van der Waals surface area contributed by atoms with Gasteiger partial charge in [-0.1, -0.05) is 19.9 Å². The topological polar surface area (TPSA) is 92.8 Å². The van der Waals surface area contributed by atoms with E-state index in [0.29, 0.717) is 5.56 Å². The number of carbonyl (C=O) groups is 1. The number of hydrogen-bond donors (Lipinski definition) is 3. The number of phenols is 1. The maximum atomic E-state index is 11.4. The number of ether oxygens (including phenoxy) is 1. The SMILES string of the molecule is CC(C)C(=O)Oc1cc(C(O)CN)ccc1O.Cl. The minimum atomic E-state index is -0.841. The van der Waals surface area contributed by atoms with Crippen LogP contribution in [0.25, 0.3) is 0 Å². The molecule has 0 aliphatic carbocycles. The lowest BCUT2D eigenvalue weighted by Crippen LogP contribution is -2.16. The van der Waals surface area contributed by atoms with Gasteiger partial charge >= 0.3 is 5.97 Å². The van der Waals surface area contributed by atoms with Crippen LogP contribution in [0.4, 0.5) is 0 Å². The quantitative estimate of drug-likeness (QED) is 0.570. The number of rotatable bonds is 4. The molecule has 1 aromatic rings. The Bertz CT molecular complexity index is 409. The molecule has 0 aliphatic heterocycles. The van der Waals surface area contributed by atoms with Gasteiger partial charge in [-0.05, 0) is 17.7 Å². The van der Waals surface area contributed by atoms with E-state index in [1.54, 1.807) is 13.8 Å².